The molecule has 2 aromatic rings. The highest BCUT2D eigenvalue weighted by Crippen LogP contribution is 2.24. The second-order valence-corrected chi connectivity index (χ2v) is 4.71. The molecule has 0 atom stereocenters. The monoisotopic (exact) mass is 340 g/mol. The van der Waals surface area contributed by atoms with Gasteiger partial charge in [-0.1, -0.05) is 6.07 Å². The van der Waals surface area contributed by atoms with E-state index in [0.717, 1.165) is 12.1 Å². The van der Waals surface area contributed by atoms with Crippen molar-refractivity contribution in [3.8, 4) is 11.5 Å². The van der Waals surface area contributed by atoms with Gasteiger partial charge in [-0.25, -0.2) is 0 Å². The summed E-state index contributed by atoms with van der Waals surface area (Å²) in [7, 11) is 1.52. The minimum absolute atomic E-state index is 0.0450. The Morgan fingerprint density at radius 1 is 1.04 bits per heavy atom. The van der Waals surface area contributed by atoms with E-state index in [0.29, 0.717) is 17.1 Å². The predicted octanol–water partition coefficient (Wildman–Crippen LogP) is 3.64. The van der Waals surface area contributed by atoms with Crippen molar-refractivity contribution < 1.29 is 27.4 Å². The van der Waals surface area contributed by atoms with Crippen molar-refractivity contribution in [2.24, 2.45) is 0 Å². The standard InChI is InChI=1S/C16H15F3N2O3/c1-23-14-4-2-3-12(9-14)21-15(22)10-20-11-5-7-13(8-6-11)24-16(17,18)19/h2-9,20H,10H2,1H3,(H,21,22). The third-order valence-electron chi connectivity index (χ3n) is 2.89. The first-order valence-electron chi connectivity index (χ1n) is 6.89. The molecule has 0 saturated carbocycles. The van der Waals surface area contributed by atoms with E-state index in [1.807, 2.05) is 0 Å². The van der Waals surface area contributed by atoms with Crippen molar-refractivity contribution in [1.29, 1.82) is 0 Å². The Balaban J connectivity index is 1.85. The third kappa shape index (κ3) is 5.71. The van der Waals surface area contributed by atoms with Gasteiger partial charge in [0.2, 0.25) is 5.91 Å². The average Bonchev–Trinajstić information content (AvgIpc) is 2.53. The van der Waals surface area contributed by atoms with Gasteiger partial charge in [0.1, 0.15) is 11.5 Å². The molecule has 1 amide bonds. The zero-order valence-corrected chi connectivity index (χ0v) is 12.7. The molecule has 0 radical (unpaired) electrons. The van der Waals surface area contributed by atoms with Gasteiger partial charge in [0, 0.05) is 17.4 Å². The highest BCUT2D eigenvalue weighted by molar-refractivity contribution is 5.93. The zero-order valence-electron chi connectivity index (χ0n) is 12.7. The molecule has 128 valence electrons. The van der Waals surface area contributed by atoms with E-state index in [1.165, 1.54) is 19.2 Å². The van der Waals surface area contributed by atoms with Gasteiger partial charge < -0.3 is 20.1 Å². The van der Waals surface area contributed by atoms with E-state index in [4.69, 9.17) is 4.74 Å². The Morgan fingerprint density at radius 3 is 2.38 bits per heavy atom. The first-order valence-corrected chi connectivity index (χ1v) is 6.89. The number of alkyl halides is 3. The topological polar surface area (TPSA) is 59.6 Å². The maximum Gasteiger partial charge on any atom is 0.573 e. The summed E-state index contributed by atoms with van der Waals surface area (Å²) in [5, 5.41) is 5.48. The van der Waals surface area contributed by atoms with Gasteiger partial charge in [-0.05, 0) is 36.4 Å². The Bertz CT molecular complexity index is 688. The number of nitrogens with one attached hydrogen (secondary N) is 2. The summed E-state index contributed by atoms with van der Waals surface area (Å²) in [4.78, 5) is 11.9. The average molecular weight is 340 g/mol. The van der Waals surface area contributed by atoms with E-state index in [1.54, 1.807) is 24.3 Å². The molecule has 2 rings (SSSR count). The quantitative estimate of drug-likeness (QED) is 0.843. The fourth-order valence-corrected chi connectivity index (χ4v) is 1.86. The smallest absolute Gasteiger partial charge is 0.497 e. The van der Waals surface area contributed by atoms with Crippen LogP contribution in [0.25, 0.3) is 0 Å². The first kappa shape index (κ1) is 17.5. The van der Waals surface area contributed by atoms with Crippen LogP contribution in [0.5, 0.6) is 11.5 Å². The van der Waals surface area contributed by atoms with Crippen molar-refractivity contribution in [3.63, 3.8) is 0 Å². The molecule has 5 nitrogen and oxygen atoms in total. The third-order valence-corrected chi connectivity index (χ3v) is 2.89. The Hall–Kier alpha value is -2.90. The SMILES string of the molecule is COc1cccc(NC(=O)CNc2ccc(OC(F)(F)F)cc2)c1. The molecule has 0 aliphatic heterocycles. The second kappa shape index (κ2) is 7.58. The molecule has 0 heterocycles. The van der Waals surface area contributed by atoms with E-state index < -0.39 is 6.36 Å². The summed E-state index contributed by atoms with van der Waals surface area (Å²) in [6.07, 6.45) is -4.73. The normalized spacial score (nSPS) is 10.8. The number of hydrogen-bond acceptors (Lipinski definition) is 4. The summed E-state index contributed by atoms with van der Waals surface area (Å²) in [6, 6.07) is 12.0. The van der Waals surface area contributed by atoms with Crippen LogP contribution in [0.4, 0.5) is 24.5 Å². The van der Waals surface area contributed by atoms with E-state index in [2.05, 4.69) is 15.4 Å². The summed E-state index contributed by atoms with van der Waals surface area (Å²) < 4.78 is 45.0. The van der Waals surface area contributed by atoms with Gasteiger partial charge in [-0.2, -0.15) is 0 Å². The minimum Gasteiger partial charge on any atom is -0.497 e. The van der Waals surface area contributed by atoms with Crippen LogP contribution in [-0.2, 0) is 4.79 Å². The highest BCUT2D eigenvalue weighted by atomic mass is 19.4. The van der Waals surface area contributed by atoms with Crippen LogP contribution in [0.3, 0.4) is 0 Å². The summed E-state index contributed by atoms with van der Waals surface area (Å²) in [5.74, 6) is -0.0197. The molecule has 24 heavy (non-hydrogen) atoms. The van der Waals surface area contributed by atoms with Crippen molar-refractivity contribution in [3.05, 3.63) is 48.5 Å². The second-order valence-electron chi connectivity index (χ2n) is 4.71. The molecular formula is C16H15F3N2O3. The van der Waals surface area contributed by atoms with E-state index in [-0.39, 0.29) is 18.2 Å². The molecule has 0 aliphatic rings. The molecule has 0 bridgehead atoms. The molecule has 0 fully saturated rings. The molecule has 2 aromatic carbocycles. The van der Waals surface area contributed by atoms with Crippen LogP contribution >= 0.6 is 0 Å². The van der Waals surface area contributed by atoms with Crippen LogP contribution in [0.2, 0.25) is 0 Å². The molecule has 0 spiro atoms. The summed E-state index contributed by atoms with van der Waals surface area (Å²) in [6.45, 7) is -0.0450. The van der Waals surface area contributed by atoms with Crippen molar-refractivity contribution in [2.45, 2.75) is 6.36 Å². The van der Waals surface area contributed by atoms with Crippen molar-refractivity contribution >= 4 is 17.3 Å². The lowest BCUT2D eigenvalue weighted by molar-refractivity contribution is -0.274. The van der Waals surface area contributed by atoms with Crippen molar-refractivity contribution in [1.82, 2.24) is 0 Å². The van der Waals surface area contributed by atoms with Crippen molar-refractivity contribution in [2.75, 3.05) is 24.3 Å². The van der Waals surface area contributed by atoms with Gasteiger partial charge in [0.05, 0.1) is 13.7 Å². The van der Waals surface area contributed by atoms with Gasteiger partial charge in [-0.15, -0.1) is 13.2 Å². The number of carbonyl (C=O) groups is 1. The van der Waals surface area contributed by atoms with Crippen LogP contribution in [-0.4, -0.2) is 25.9 Å². The van der Waals surface area contributed by atoms with Gasteiger partial charge >= 0.3 is 6.36 Å². The number of carbonyl (C=O) groups excluding carboxylic acids is 1. The number of amides is 1. The lowest BCUT2D eigenvalue weighted by Gasteiger charge is -2.11. The minimum atomic E-state index is -4.73. The predicted molar refractivity (Wildman–Crippen MR) is 83.2 cm³/mol. The molecule has 0 aliphatic carbocycles. The molecule has 0 unspecified atom stereocenters. The fourth-order valence-electron chi connectivity index (χ4n) is 1.86. The maximum absolute atomic E-state index is 12.1. The van der Waals surface area contributed by atoms with E-state index in [9.17, 15) is 18.0 Å². The summed E-state index contributed by atoms with van der Waals surface area (Å²) >= 11 is 0. The molecule has 0 aromatic heterocycles. The van der Waals surface area contributed by atoms with Crippen LogP contribution in [0, 0.1) is 0 Å². The van der Waals surface area contributed by atoms with E-state index >= 15 is 0 Å². The Morgan fingerprint density at radius 2 is 1.75 bits per heavy atom. The lowest BCUT2D eigenvalue weighted by Crippen LogP contribution is -2.21. The number of ether oxygens (including phenoxy) is 2. The molecule has 8 heteroatoms. The van der Waals surface area contributed by atoms with Gasteiger partial charge in [-0.3, -0.25) is 4.79 Å². The number of hydrogen-bond donors (Lipinski definition) is 2. The van der Waals surface area contributed by atoms with Crippen LogP contribution in [0.1, 0.15) is 0 Å². The maximum atomic E-state index is 12.1. The lowest BCUT2D eigenvalue weighted by atomic mass is 10.3. The zero-order chi connectivity index (χ0) is 17.6. The van der Waals surface area contributed by atoms with Crippen LogP contribution < -0.4 is 20.1 Å². The first-order chi connectivity index (χ1) is 11.4. The number of rotatable bonds is 6. The highest BCUT2D eigenvalue weighted by Gasteiger charge is 2.30. The largest absolute Gasteiger partial charge is 0.573 e. The Labute approximate surface area is 136 Å². The Kier molecular flexibility index (Phi) is 5.51. The number of methoxy groups -OCH3 is 1. The molecule has 2 N–H and O–H groups in total. The summed E-state index contributed by atoms with van der Waals surface area (Å²) in [5.41, 5.74) is 1.07. The number of halogens is 3. The van der Waals surface area contributed by atoms with Crippen LogP contribution in [0.15, 0.2) is 48.5 Å². The van der Waals surface area contributed by atoms with Gasteiger partial charge in [0.25, 0.3) is 0 Å². The van der Waals surface area contributed by atoms with Gasteiger partial charge in [0.15, 0.2) is 0 Å². The number of benzene rings is 2. The molecule has 0 saturated heterocycles. The fraction of sp³-hybridized carbons (Fsp3) is 0.188. The molecular weight excluding hydrogens is 325 g/mol. The number of anilines is 2.